The molecule has 7 nitrogen and oxygen atoms in total. The van der Waals surface area contributed by atoms with Crippen molar-refractivity contribution < 1.29 is 34.8 Å². The molecule has 0 aliphatic heterocycles. The normalized spacial score (nSPS) is 25.8. The van der Waals surface area contributed by atoms with Crippen molar-refractivity contribution >= 4 is 11.6 Å². The van der Waals surface area contributed by atoms with Crippen LogP contribution in [0, 0.1) is 0 Å². The minimum atomic E-state index is -1.65. The maximum absolute atomic E-state index is 13.1. The minimum Gasteiger partial charge on any atom is -0.507 e. The number of ketones is 2. The average molecular weight is 384 g/mol. The molecule has 0 saturated heterocycles. The van der Waals surface area contributed by atoms with Gasteiger partial charge in [0.25, 0.3) is 0 Å². The SMILES string of the molecule is CC[C@@]1(O)C[C@H](O)c2cc3c(c(O)c2C1O)C(=O)c1cccc(OC)c1C3=O. The van der Waals surface area contributed by atoms with E-state index in [1.54, 1.807) is 19.1 Å². The molecule has 7 heteroatoms. The highest BCUT2D eigenvalue weighted by molar-refractivity contribution is 6.30. The first kappa shape index (κ1) is 18.6. The van der Waals surface area contributed by atoms with Crippen molar-refractivity contribution in [3.63, 3.8) is 0 Å². The summed E-state index contributed by atoms with van der Waals surface area (Å²) in [6, 6.07) is 5.92. The molecule has 0 amide bonds. The van der Waals surface area contributed by atoms with Crippen molar-refractivity contribution in [1.29, 1.82) is 0 Å². The Balaban J connectivity index is 2.01. The number of ether oxygens (including phenoxy) is 1. The molecule has 2 aromatic carbocycles. The molecule has 0 fully saturated rings. The Morgan fingerprint density at radius 2 is 1.82 bits per heavy atom. The molecule has 0 radical (unpaired) electrons. The van der Waals surface area contributed by atoms with Crippen LogP contribution in [0.25, 0.3) is 0 Å². The quantitative estimate of drug-likeness (QED) is 0.531. The smallest absolute Gasteiger partial charge is 0.198 e. The highest BCUT2D eigenvalue weighted by Crippen LogP contribution is 2.51. The van der Waals surface area contributed by atoms with Gasteiger partial charge >= 0.3 is 0 Å². The summed E-state index contributed by atoms with van der Waals surface area (Å²) >= 11 is 0. The molecule has 4 N–H and O–H groups in total. The molecule has 3 atom stereocenters. The number of phenols is 1. The molecule has 0 bridgehead atoms. The van der Waals surface area contributed by atoms with Gasteiger partial charge in [0.2, 0.25) is 0 Å². The van der Waals surface area contributed by atoms with Crippen molar-refractivity contribution in [2.75, 3.05) is 7.11 Å². The summed E-state index contributed by atoms with van der Waals surface area (Å²) in [5.41, 5.74) is -1.76. The van der Waals surface area contributed by atoms with Crippen molar-refractivity contribution in [3.8, 4) is 11.5 Å². The minimum absolute atomic E-state index is 0.0635. The van der Waals surface area contributed by atoms with E-state index < -0.39 is 35.1 Å². The summed E-state index contributed by atoms with van der Waals surface area (Å²) in [6.45, 7) is 1.65. The molecule has 2 aliphatic rings. The zero-order valence-corrected chi connectivity index (χ0v) is 15.4. The third-order valence-corrected chi connectivity index (χ3v) is 5.86. The number of carbonyl (C=O) groups is 2. The fraction of sp³-hybridized carbons (Fsp3) is 0.333. The maximum Gasteiger partial charge on any atom is 0.198 e. The van der Waals surface area contributed by atoms with E-state index in [4.69, 9.17) is 4.74 Å². The lowest BCUT2D eigenvalue weighted by Crippen LogP contribution is -2.42. The Hall–Kier alpha value is -2.74. The molecule has 0 heterocycles. The number of carbonyl (C=O) groups excluding carboxylic acids is 2. The molecular weight excluding hydrogens is 364 g/mol. The van der Waals surface area contributed by atoms with Crippen molar-refractivity contribution in [3.05, 3.63) is 57.6 Å². The highest BCUT2D eigenvalue weighted by Gasteiger charge is 2.47. The van der Waals surface area contributed by atoms with E-state index in [0.29, 0.717) is 0 Å². The zero-order valence-electron chi connectivity index (χ0n) is 15.4. The van der Waals surface area contributed by atoms with Gasteiger partial charge in [-0.15, -0.1) is 0 Å². The van der Waals surface area contributed by atoms with E-state index in [9.17, 15) is 30.0 Å². The van der Waals surface area contributed by atoms with Gasteiger partial charge < -0.3 is 25.2 Å². The highest BCUT2D eigenvalue weighted by atomic mass is 16.5. The van der Waals surface area contributed by atoms with E-state index in [1.165, 1.54) is 19.2 Å². The number of aromatic hydroxyl groups is 1. The molecule has 0 saturated carbocycles. The molecule has 2 aliphatic carbocycles. The number of aliphatic hydroxyl groups is 3. The summed E-state index contributed by atoms with van der Waals surface area (Å²) in [6.07, 6.45) is -2.73. The van der Waals surface area contributed by atoms with Crippen LogP contribution in [0.2, 0.25) is 0 Å². The second-order valence-corrected chi connectivity index (χ2v) is 7.27. The van der Waals surface area contributed by atoms with Gasteiger partial charge in [0.15, 0.2) is 11.6 Å². The fourth-order valence-corrected chi connectivity index (χ4v) is 4.23. The van der Waals surface area contributed by atoms with E-state index in [0.717, 1.165) is 0 Å². The Morgan fingerprint density at radius 3 is 2.46 bits per heavy atom. The molecule has 2 aromatic rings. The Kier molecular flexibility index (Phi) is 4.08. The first-order valence-corrected chi connectivity index (χ1v) is 8.99. The molecule has 28 heavy (non-hydrogen) atoms. The molecule has 1 unspecified atom stereocenters. The first-order chi connectivity index (χ1) is 13.2. The van der Waals surface area contributed by atoms with Crippen LogP contribution in [0.5, 0.6) is 11.5 Å². The van der Waals surface area contributed by atoms with E-state index in [1.807, 2.05) is 0 Å². The lowest BCUT2D eigenvalue weighted by Gasteiger charge is -2.41. The van der Waals surface area contributed by atoms with E-state index in [-0.39, 0.29) is 52.0 Å². The van der Waals surface area contributed by atoms with Crippen LogP contribution in [-0.2, 0) is 0 Å². The predicted octanol–water partition coefficient (Wildman–Crippen LogP) is 1.79. The van der Waals surface area contributed by atoms with Crippen LogP contribution in [0.15, 0.2) is 24.3 Å². The second-order valence-electron chi connectivity index (χ2n) is 7.27. The van der Waals surface area contributed by atoms with Gasteiger partial charge in [-0.1, -0.05) is 19.1 Å². The summed E-state index contributed by atoms with van der Waals surface area (Å²) in [4.78, 5) is 26.2. The fourth-order valence-electron chi connectivity index (χ4n) is 4.23. The van der Waals surface area contributed by atoms with E-state index >= 15 is 0 Å². The van der Waals surface area contributed by atoms with Crippen LogP contribution >= 0.6 is 0 Å². The van der Waals surface area contributed by atoms with Crippen LogP contribution in [0.1, 0.15) is 74.9 Å². The summed E-state index contributed by atoms with van der Waals surface area (Å²) < 4.78 is 5.21. The number of aliphatic hydroxyl groups excluding tert-OH is 2. The van der Waals surface area contributed by atoms with Gasteiger partial charge in [0.1, 0.15) is 17.6 Å². The number of rotatable bonds is 2. The molecular formula is C21H20O7. The monoisotopic (exact) mass is 384 g/mol. The van der Waals surface area contributed by atoms with Crippen LogP contribution in [-0.4, -0.2) is 44.7 Å². The lowest BCUT2D eigenvalue weighted by molar-refractivity contribution is -0.117. The average Bonchev–Trinajstić information content (AvgIpc) is 2.69. The first-order valence-electron chi connectivity index (χ1n) is 8.99. The Morgan fingerprint density at radius 1 is 1.14 bits per heavy atom. The van der Waals surface area contributed by atoms with Crippen LogP contribution in [0.3, 0.4) is 0 Å². The standard InChI is InChI=1S/C21H20O7/c1-3-21(27)8-12(22)10-7-11-15(19(25)16(10)20(21)26)17(23)9-5-4-6-13(28-2)14(9)18(11)24/h4-7,12,20,22,25-27H,3,8H2,1-2H3/t12-,20?,21+/m0/s1. The molecule has 0 aromatic heterocycles. The predicted molar refractivity (Wildman–Crippen MR) is 97.7 cm³/mol. The summed E-state index contributed by atoms with van der Waals surface area (Å²) in [5, 5.41) is 42.7. The van der Waals surface area contributed by atoms with Crippen molar-refractivity contribution in [2.24, 2.45) is 0 Å². The number of fused-ring (bicyclic) bond motifs is 3. The summed E-state index contributed by atoms with van der Waals surface area (Å²) in [5.74, 6) is -1.45. The third kappa shape index (κ3) is 2.27. The van der Waals surface area contributed by atoms with Gasteiger partial charge in [0, 0.05) is 23.1 Å². The second kappa shape index (κ2) is 6.13. The van der Waals surface area contributed by atoms with Gasteiger partial charge in [-0.05, 0) is 24.1 Å². The van der Waals surface area contributed by atoms with Gasteiger partial charge in [-0.2, -0.15) is 0 Å². The zero-order chi connectivity index (χ0) is 20.4. The number of hydrogen-bond acceptors (Lipinski definition) is 7. The third-order valence-electron chi connectivity index (χ3n) is 5.86. The van der Waals surface area contributed by atoms with Gasteiger partial charge in [-0.3, -0.25) is 9.59 Å². The van der Waals surface area contributed by atoms with Gasteiger partial charge in [0.05, 0.1) is 29.9 Å². The topological polar surface area (TPSA) is 124 Å². The number of hydrogen-bond donors (Lipinski definition) is 4. The van der Waals surface area contributed by atoms with Crippen LogP contribution < -0.4 is 4.74 Å². The number of benzene rings is 2. The Bertz CT molecular complexity index is 1030. The number of methoxy groups -OCH3 is 1. The Labute approximate surface area is 160 Å². The van der Waals surface area contributed by atoms with Crippen molar-refractivity contribution in [2.45, 2.75) is 37.6 Å². The summed E-state index contributed by atoms with van der Waals surface area (Å²) in [7, 11) is 1.39. The van der Waals surface area contributed by atoms with Crippen LogP contribution in [0.4, 0.5) is 0 Å². The molecule has 0 spiro atoms. The maximum atomic E-state index is 13.1. The lowest BCUT2D eigenvalue weighted by atomic mass is 9.71. The van der Waals surface area contributed by atoms with Crippen molar-refractivity contribution in [1.82, 2.24) is 0 Å². The largest absolute Gasteiger partial charge is 0.507 e. The molecule has 4 rings (SSSR count). The molecule has 146 valence electrons. The van der Waals surface area contributed by atoms with Gasteiger partial charge in [-0.25, -0.2) is 0 Å². The number of phenolic OH excluding ortho intramolecular Hbond substituents is 1. The van der Waals surface area contributed by atoms with E-state index in [2.05, 4.69) is 0 Å².